The summed E-state index contributed by atoms with van der Waals surface area (Å²) in [6, 6.07) is 4.43. The Morgan fingerprint density at radius 2 is 2.11 bits per heavy atom. The first-order valence-electron chi connectivity index (χ1n) is 6.87. The van der Waals surface area contributed by atoms with Gasteiger partial charge in [-0.15, -0.1) is 22.7 Å². The van der Waals surface area contributed by atoms with Crippen LogP contribution in [-0.4, -0.2) is 38.2 Å². The molecule has 1 saturated heterocycles. The van der Waals surface area contributed by atoms with Crippen molar-refractivity contribution >= 4 is 27.8 Å². The van der Waals surface area contributed by atoms with Crippen molar-refractivity contribution in [2.75, 3.05) is 38.1 Å². The fourth-order valence-corrected chi connectivity index (χ4v) is 4.17. The van der Waals surface area contributed by atoms with Crippen LogP contribution in [0.1, 0.15) is 11.8 Å². The zero-order valence-corrected chi connectivity index (χ0v) is 13.1. The van der Waals surface area contributed by atoms with Crippen LogP contribution >= 0.6 is 22.7 Å². The lowest BCUT2D eigenvalue weighted by Gasteiger charge is -2.29. The highest BCUT2D eigenvalue weighted by Crippen LogP contribution is 2.32. The Morgan fingerprint density at radius 1 is 1.32 bits per heavy atom. The van der Waals surface area contributed by atoms with Gasteiger partial charge in [-0.1, -0.05) is 6.92 Å². The molecule has 1 fully saturated rings. The molecule has 0 unspecified atom stereocenters. The molecule has 19 heavy (non-hydrogen) atoms. The Kier molecular flexibility index (Phi) is 3.86. The molecule has 0 spiro atoms. The molecule has 0 atom stereocenters. The Balaban J connectivity index is 1.75. The van der Waals surface area contributed by atoms with E-state index < -0.39 is 0 Å². The minimum Gasteiger partial charge on any atom is -0.337 e. The number of nitrogens with zero attached hydrogens (tertiary/aromatic N) is 2. The fraction of sp³-hybridized carbons (Fsp3) is 0.500. The molecule has 5 heteroatoms. The number of thiazole rings is 1. The number of piperazine rings is 1. The highest BCUT2D eigenvalue weighted by Gasteiger charge is 2.19. The Morgan fingerprint density at radius 3 is 2.79 bits per heavy atom. The summed E-state index contributed by atoms with van der Waals surface area (Å²) in [5.41, 5.74) is 1.15. The largest absolute Gasteiger partial charge is 0.337 e. The molecule has 0 bridgehead atoms. The van der Waals surface area contributed by atoms with E-state index in [0.717, 1.165) is 25.2 Å². The quantitative estimate of drug-likeness (QED) is 0.931. The van der Waals surface area contributed by atoms with Gasteiger partial charge in [0.15, 0.2) is 5.13 Å². The number of likely N-dealkylation sites (N-methyl/N-ethyl adjacent to an activating group) is 1. The van der Waals surface area contributed by atoms with Crippen molar-refractivity contribution in [3.8, 4) is 10.6 Å². The standard InChI is InChI=1S/C14H19N3S2/c1-3-11-4-5-13(19-11)12-10-18-14(15-12)17-8-6-16(2)7-9-17/h4-5,10H,3,6-9H2,1-2H3/p+1. The van der Waals surface area contributed by atoms with Gasteiger partial charge in [0.1, 0.15) is 0 Å². The maximum absolute atomic E-state index is 4.82. The van der Waals surface area contributed by atoms with E-state index in [4.69, 9.17) is 4.98 Å². The van der Waals surface area contributed by atoms with E-state index in [2.05, 4.69) is 36.4 Å². The molecule has 0 amide bonds. The SMILES string of the molecule is CCc1ccc(-c2csc(N3CC[NH+](C)CC3)n2)s1. The van der Waals surface area contributed by atoms with Crippen molar-refractivity contribution in [3.63, 3.8) is 0 Å². The summed E-state index contributed by atoms with van der Waals surface area (Å²) in [7, 11) is 2.27. The highest BCUT2D eigenvalue weighted by molar-refractivity contribution is 7.17. The molecule has 1 aliphatic rings. The van der Waals surface area contributed by atoms with E-state index in [1.807, 2.05) is 11.3 Å². The van der Waals surface area contributed by atoms with E-state index in [1.165, 1.54) is 28.0 Å². The third kappa shape index (κ3) is 2.83. The van der Waals surface area contributed by atoms with Crippen LogP contribution in [-0.2, 0) is 6.42 Å². The summed E-state index contributed by atoms with van der Waals surface area (Å²) in [5.74, 6) is 0. The number of anilines is 1. The zero-order valence-electron chi connectivity index (χ0n) is 11.5. The van der Waals surface area contributed by atoms with Gasteiger partial charge in [-0.25, -0.2) is 4.98 Å². The highest BCUT2D eigenvalue weighted by atomic mass is 32.1. The molecule has 3 nitrogen and oxygen atoms in total. The molecule has 0 saturated carbocycles. The van der Waals surface area contributed by atoms with Crippen molar-refractivity contribution in [1.29, 1.82) is 0 Å². The van der Waals surface area contributed by atoms with E-state index in [1.54, 1.807) is 16.2 Å². The number of hydrogen-bond donors (Lipinski definition) is 1. The van der Waals surface area contributed by atoms with E-state index >= 15 is 0 Å². The van der Waals surface area contributed by atoms with Gasteiger partial charge in [-0.3, -0.25) is 0 Å². The fourth-order valence-electron chi connectivity index (χ4n) is 2.31. The summed E-state index contributed by atoms with van der Waals surface area (Å²) >= 11 is 3.65. The molecule has 2 aromatic rings. The second-order valence-corrected chi connectivity index (χ2v) is 7.08. The number of hydrogen-bond acceptors (Lipinski definition) is 4. The minimum absolute atomic E-state index is 1.11. The van der Waals surface area contributed by atoms with Gasteiger partial charge in [0.2, 0.25) is 0 Å². The minimum atomic E-state index is 1.11. The molecule has 0 aliphatic carbocycles. The van der Waals surface area contributed by atoms with Gasteiger partial charge in [0, 0.05) is 10.3 Å². The zero-order chi connectivity index (χ0) is 13.2. The molecule has 102 valence electrons. The number of nitrogens with one attached hydrogen (secondary N) is 1. The van der Waals surface area contributed by atoms with E-state index in [9.17, 15) is 0 Å². The summed E-state index contributed by atoms with van der Waals surface area (Å²) < 4.78 is 0. The van der Waals surface area contributed by atoms with Gasteiger partial charge in [-0.2, -0.15) is 0 Å². The predicted molar refractivity (Wildman–Crippen MR) is 83.6 cm³/mol. The second kappa shape index (κ2) is 5.61. The predicted octanol–water partition coefficient (Wildman–Crippen LogP) is 1.77. The number of aromatic nitrogens is 1. The summed E-state index contributed by atoms with van der Waals surface area (Å²) in [6.45, 7) is 6.89. The molecule has 0 radical (unpaired) electrons. The first kappa shape index (κ1) is 13.1. The van der Waals surface area contributed by atoms with Gasteiger partial charge >= 0.3 is 0 Å². The maximum atomic E-state index is 4.82. The van der Waals surface area contributed by atoms with Crippen LogP contribution in [0.3, 0.4) is 0 Å². The molecule has 1 N–H and O–H groups in total. The monoisotopic (exact) mass is 294 g/mol. The van der Waals surface area contributed by atoms with Crippen LogP contribution in [0.5, 0.6) is 0 Å². The maximum Gasteiger partial charge on any atom is 0.186 e. The second-order valence-electron chi connectivity index (χ2n) is 5.08. The average Bonchev–Trinajstić information content (AvgIpc) is 3.08. The van der Waals surface area contributed by atoms with Gasteiger partial charge < -0.3 is 9.80 Å². The van der Waals surface area contributed by atoms with Crippen molar-refractivity contribution in [3.05, 3.63) is 22.4 Å². The lowest BCUT2D eigenvalue weighted by molar-refractivity contribution is -0.880. The number of quaternary nitrogens is 1. The molecule has 0 aromatic carbocycles. The van der Waals surface area contributed by atoms with Crippen LogP contribution in [0.25, 0.3) is 10.6 Å². The van der Waals surface area contributed by atoms with Gasteiger partial charge in [0.05, 0.1) is 43.8 Å². The van der Waals surface area contributed by atoms with E-state index in [0.29, 0.717) is 0 Å². The lowest BCUT2D eigenvalue weighted by Crippen LogP contribution is -3.12. The topological polar surface area (TPSA) is 20.6 Å². The molecule has 3 rings (SSSR count). The van der Waals surface area contributed by atoms with Crippen molar-refractivity contribution in [2.24, 2.45) is 0 Å². The van der Waals surface area contributed by atoms with Crippen LogP contribution in [0.4, 0.5) is 5.13 Å². The number of aryl methyl sites for hydroxylation is 1. The van der Waals surface area contributed by atoms with Crippen molar-refractivity contribution in [2.45, 2.75) is 13.3 Å². The van der Waals surface area contributed by atoms with Crippen LogP contribution in [0.15, 0.2) is 17.5 Å². The number of rotatable bonds is 3. The number of thiophene rings is 1. The first-order chi connectivity index (χ1) is 9.26. The molecule has 2 aromatic heterocycles. The average molecular weight is 294 g/mol. The molecular weight excluding hydrogens is 274 g/mol. The third-order valence-corrected chi connectivity index (χ3v) is 5.80. The van der Waals surface area contributed by atoms with Crippen molar-refractivity contribution in [1.82, 2.24) is 4.98 Å². The molecule has 3 heterocycles. The lowest BCUT2D eigenvalue weighted by atomic mass is 10.3. The van der Waals surface area contributed by atoms with Gasteiger partial charge in [-0.05, 0) is 18.6 Å². The third-order valence-electron chi connectivity index (χ3n) is 3.64. The van der Waals surface area contributed by atoms with Crippen LogP contribution in [0.2, 0.25) is 0 Å². The molecular formula is C14H20N3S2+. The molecule has 1 aliphatic heterocycles. The Labute approximate surface area is 122 Å². The normalized spacial score (nSPS) is 17.1. The summed E-state index contributed by atoms with van der Waals surface area (Å²) in [6.07, 6.45) is 1.11. The van der Waals surface area contributed by atoms with Crippen LogP contribution < -0.4 is 9.80 Å². The Hall–Kier alpha value is -0.910. The van der Waals surface area contributed by atoms with Crippen molar-refractivity contribution < 1.29 is 4.90 Å². The first-order valence-corrected chi connectivity index (χ1v) is 8.56. The van der Waals surface area contributed by atoms with Crippen LogP contribution in [0, 0.1) is 0 Å². The van der Waals surface area contributed by atoms with Gasteiger partial charge in [0.25, 0.3) is 0 Å². The van der Waals surface area contributed by atoms with E-state index in [-0.39, 0.29) is 0 Å². The summed E-state index contributed by atoms with van der Waals surface area (Å²) in [4.78, 5) is 11.6. The smallest absolute Gasteiger partial charge is 0.186 e. The Bertz CT molecular complexity index is 538. The summed E-state index contributed by atoms with van der Waals surface area (Å²) in [5, 5.41) is 3.39.